The summed E-state index contributed by atoms with van der Waals surface area (Å²) in [6.45, 7) is 4.12. The molecule has 1 aromatic carbocycles. The van der Waals surface area contributed by atoms with Crippen molar-refractivity contribution in [2.24, 2.45) is 0 Å². The summed E-state index contributed by atoms with van der Waals surface area (Å²) in [6, 6.07) is 10.2. The van der Waals surface area contributed by atoms with E-state index in [1.165, 1.54) is 17.8 Å². The quantitative estimate of drug-likeness (QED) is 0.635. The summed E-state index contributed by atoms with van der Waals surface area (Å²) in [7, 11) is 0. The molecule has 6 nitrogen and oxygen atoms in total. The van der Waals surface area contributed by atoms with Gasteiger partial charge in [0.15, 0.2) is 0 Å². The molecule has 164 valence electrons. The van der Waals surface area contributed by atoms with Gasteiger partial charge in [0.05, 0.1) is 27.6 Å². The molecule has 0 aliphatic carbocycles. The predicted octanol–water partition coefficient (Wildman–Crippen LogP) is 4.12. The number of para-hydroxylation sites is 2. The number of amides is 1. The molecule has 3 aromatic rings. The van der Waals surface area contributed by atoms with Gasteiger partial charge in [-0.2, -0.15) is 13.2 Å². The van der Waals surface area contributed by atoms with Gasteiger partial charge in [-0.1, -0.05) is 12.1 Å². The largest absolute Gasteiger partial charge is 0.417 e. The predicted molar refractivity (Wildman–Crippen MR) is 115 cm³/mol. The molecule has 0 saturated carbocycles. The van der Waals surface area contributed by atoms with E-state index in [0.717, 1.165) is 29.1 Å². The van der Waals surface area contributed by atoms with Gasteiger partial charge < -0.3 is 14.8 Å². The first-order valence-corrected chi connectivity index (χ1v) is 11.0. The second-order valence-corrected chi connectivity index (χ2v) is 8.69. The number of aromatic amines is 1. The zero-order valence-corrected chi connectivity index (χ0v) is 17.7. The molecule has 2 aromatic heterocycles. The van der Waals surface area contributed by atoms with Gasteiger partial charge in [0, 0.05) is 32.4 Å². The van der Waals surface area contributed by atoms with Crippen LogP contribution in [0.25, 0.3) is 11.0 Å². The van der Waals surface area contributed by atoms with Gasteiger partial charge in [-0.3, -0.25) is 4.79 Å². The Labute approximate surface area is 181 Å². The molecule has 10 heteroatoms. The number of piperazine rings is 1. The summed E-state index contributed by atoms with van der Waals surface area (Å²) in [6.07, 6.45) is -3.54. The fourth-order valence-electron chi connectivity index (χ4n) is 3.46. The number of pyridine rings is 1. The number of anilines is 1. The van der Waals surface area contributed by atoms with Gasteiger partial charge in [-0.05, 0) is 31.2 Å². The topological polar surface area (TPSA) is 65.1 Å². The van der Waals surface area contributed by atoms with Crippen LogP contribution in [0.4, 0.5) is 19.0 Å². The van der Waals surface area contributed by atoms with Crippen LogP contribution in [0.15, 0.2) is 42.6 Å². The minimum absolute atomic E-state index is 0.0491. The number of fused-ring (bicyclic) bond motifs is 1. The standard InChI is InChI=1S/C21H22F3N5OS/c1-14(20-26-16-4-2-3-5-17(16)27-20)31-13-19(30)29-10-8-28(9-11-29)18-7-6-15(12-25-18)21(22,23)24/h2-7,12,14H,8-11,13H2,1H3,(H,26,27). The molecule has 0 radical (unpaired) electrons. The maximum Gasteiger partial charge on any atom is 0.417 e. The highest BCUT2D eigenvalue weighted by Gasteiger charge is 2.31. The van der Waals surface area contributed by atoms with Crippen molar-refractivity contribution >= 4 is 34.5 Å². The molecule has 1 aliphatic rings. The lowest BCUT2D eigenvalue weighted by Gasteiger charge is -2.35. The Morgan fingerprint density at radius 1 is 1.16 bits per heavy atom. The van der Waals surface area contributed by atoms with Crippen LogP contribution >= 0.6 is 11.8 Å². The molecule has 1 unspecified atom stereocenters. The van der Waals surface area contributed by atoms with E-state index in [1.54, 1.807) is 4.90 Å². The van der Waals surface area contributed by atoms with Crippen molar-refractivity contribution in [2.45, 2.75) is 18.3 Å². The Morgan fingerprint density at radius 2 is 1.90 bits per heavy atom. The molecule has 0 spiro atoms. The first-order chi connectivity index (χ1) is 14.8. The molecule has 3 heterocycles. The second kappa shape index (κ2) is 8.78. The average molecular weight is 450 g/mol. The molecule has 1 aliphatic heterocycles. The minimum Gasteiger partial charge on any atom is -0.353 e. The summed E-state index contributed by atoms with van der Waals surface area (Å²) >= 11 is 1.53. The van der Waals surface area contributed by atoms with Crippen molar-refractivity contribution in [2.75, 3.05) is 36.8 Å². The Hall–Kier alpha value is -2.75. The zero-order chi connectivity index (χ0) is 22.0. The number of alkyl halides is 3. The number of aromatic nitrogens is 3. The number of rotatable bonds is 5. The third kappa shape index (κ3) is 4.95. The van der Waals surface area contributed by atoms with Crippen LogP contribution in [0, 0.1) is 0 Å². The van der Waals surface area contributed by atoms with Gasteiger partial charge in [0.2, 0.25) is 5.91 Å². The summed E-state index contributed by atoms with van der Waals surface area (Å²) in [5.74, 6) is 1.73. The van der Waals surface area contributed by atoms with Crippen molar-refractivity contribution < 1.29 is 18.0 Å². The van der Waals surface area contributed by atoms with Crippen LogP contribution in [0.1, 0.15) is 23.6 Å². The van der Waals surface area contributed by atoms with E-state index < -0.39 is 11.7 Å². The smallest absolute Gasteiger partial charge is 0.353 e. The summed E-state index contributed by atoms with van der Waals surface area (Å²) in [4.78, 5) is 28.1. The van der Waals surface area contributed by atoms with Gasteiger partial charge in [-0.15, -0.1) is 11.8 Å². The summed E-state index contributed by atoms with van der Waals surface area (Å²) < 4.78 is 38.1. The lowest BCUT2D eigenvalue weighted by Crippen LogP contribution is -2.49. The van der Waals surface area contributed by atoms with E-state index in [-0.39, 0.29) is 11.2 Å². The van der Waals surface area contributed by atoms with Gasteiger partial charge in [-0.25, -0.2) is 9.97 Å². The number of hydrogen-bond acceptors (Lipinski definition) is 5. The highest BCUT2D eigenvalue weighted by molar-refractivity contribution is 8.00. The number of carbonyl (C=O) groups is 1. The fourth-order valence-corrected chi connectivity index (χ4v) is 4.30. The van der Waals surface area contributed by atoms with E-state index in [0.29, 0.717) is 37.7 Å². The minimum atomic E-state index is -4.40. The van der Waals surface area contributed by atoms with Crippen LogP contribution in [0.3, 0.4) is 0 Å². The highest BCUT2D eigenvalue weighted by Crippen LogP contribution is 2.30. The maximum atomic E-state index is 12.7. The van der Waals surface area contributed by atoms with Crippen LogP contribution in [0.5, 0.6) is 0 Å². The van der Waals surface area contributed by atoms with Gasteiger partial charge in [0.1, 0.15) is 11.6 Å². The van der Waals surface area contributed by atoms with E-state index in [1.807, 2.05) is 36.1 Å². The van der Waals surface area contributed by atoms with Crippen molar-refractivity contribution in [3.8, 4) is 0 Å². The molecule has 1 N–H and O–H groups in total. The Balaban J connectivity index is 1.27. The van der Waals surface area contributed by atoms with Crippen molar-refractivity contribution in [3.63, 3.8) is 0 Å². The fraction of sp³-hybridized carbons (Fsp3) is 0.381. The normalized spacial score (nSPS) is 16.0. The summed E-state index contributed by atoms with van der Waals surface area (Å²) in [5, 5.41) is 0.0500. The van der Waals surface area contributed by atoms with Gasteiger partial charge >= 0.3 is 6.18 Å². The number of nitrogens with zero attached hydrogens (tertiary/aromatic N) is 4. The molecule has 1 atom stereocenters. The molecule has 31 heavy (non-hydrogen) atoms. The molecule has 4 rings (SSSR count). The average Bonchev–Trinajstić information content (AvgIpc) is 3.21. The third-order valence-electron chi connectivity index (χ3n) is 5.28. The number of carbonyl (C=O) groups excluding carboxylic acids is 1. The third-order valence-corrected chi connectivity index (χ3v) is 6.42. The first kappa shape index (κ1) is 21.5. The molecular weight excluding hydrogens is 427 g/mol. The van der Waals surface area contributed by atoms with E-state index in [2.05, 4.69) is 15.0 Å². The number of H-pyrrole nitrogens is 1. The maximum absolute atomic E-state index is 12.7. The first-order valence-electron chi connectivity index (χ1n) is 9.93. The number of nitrogens with one attached hydrogen (secondary N) is 1. The van der Waals surface area contributed by atoms with Crippen LogP contribution < -0.4 is 4.90 Å². The van der Waals surface area contributed by atoms with Crippen molar-refractivity contribution in [1.29, 1.82) is 0 Å². The van der Waals surface area contributed by atoms with E-state index in [4.69, 9.17) is 0 Å². The molecular formula is C21H22F3N5OS. The van der Waals surface area contributed by atoms with Crippen molar-refractivity contribution in [1.82, 2.24) is 19.9 Å². The molecule has 1 saturated heterocycles. The Kier molecular flexibility index (Phi) is 6.08. The zero-order valence-electron chi connectivity index (χ0n) is 16.9. The lowest BCUT2D eigenvalue weighted by molar-refractivity contribution is -0.137. The van der Waals surface area contributed by atoms with Crippen LogP contribution in [-0.2, 0) is 11.0 Å². The number of benzene rings is 1. The Bertz CT molecular complexity index is 1010. The number of imidazole rings is 1. The summed E-state index contributed by atoms with van der Waals surface area (Å²) in [5.41, 5.74) is 1.12. The Morgan fingerprint density at radius 3 is 2.55 bits per heavy atom. The molecule has 1 fully saturated rings. The SMILES string of the molecule is CC(SCC(=O)N1CCN(c2ccc(C(F)(F)F)cn2)CC1)c1nc2ccccc2[nH]1. The molecule has 1 amide bonds. The van der Waals surface area contributed by atoms with Gasteiger partial charge in [0.25, 0.3) is 0 Å². The van der Waals surface area contributed by atoms with Crippen LogP contribution in [0.2, 0.25) is 0 Å². The van der Waals surface area contributed by atoms with E-state index in [9.17, 15) is 18.0 Å². The van der Waals surface area contributed by atoms with E-state index >= 15 is 0 Å². The monoisotopic (exact) mass is 449 g/mol. The molecule has 0 bridgehead atoms. The lowest BCUT2D eigenvalue weighted by atomic mass is 10.2. The number of hydrogen-bond donors (Lipinski definition) is 1. The number of halogens is 3. The highest BCUT2D eigenvalue weighted by atomic mass is 32.2. The number of thioether (sulfide) groups is 1. The second-order valence-electron chi connectivity index (χ2n) is 7.36. The van der Waals surface area contributed by atoms with Crippen molar-refractivity contribution in [3.05, 3.63) is 54.0 Å². The van der Waals surface area contributed by atoms with Crippen LogP contribution in [-0.4, -0.2) is 57.7 Å².